The molecule has 0 aromatic carbocycles. The van der Waals surface area contributed by atoms with Crippen molar-refractivity contribution < 1.29 is 30.8 Å². The molecule has 3 rings (SSSR count). The number of alkyl halides is 6. The smallest absolute Gasteiger partial charge is 0.433 e. The Balaban J connectivity index is 2.04. The zero-order valence-corrected chi connectivity index (χ0v) is 14.1. The van der Waals surface area contributed by atoms with Crippen LogP contribution in [0.2, 0.25) is 0 Å². The van der Waals surface area contributed by atoms with E-state index in [9.17, 15) is 26.3 Å². The highest BCUT2D eigenvalue weighted by Crippen LogP contribution is 2.37. The van der Waals surface area contributed by atoms with Crippen LogP contribution < -0.4 is 0 Å². The van der Waals surface area contributed by atoms with Crippen molar-refractivity contribution in [3.05, 3.63) is 58.3 Å². The Bertz CT molecular complexity index is 948. The van der Waals surface area contributed by atoms with Gasteiger partial charge < -0.3 is 4.42 Å². The molecule has 10 heteroatoms. The molecule has 0 atom stereocenters. The summed E-state index contributed by atoms with van der Waals surface area (Å²) >= 11 is 3.12. The number of aromatic nitrogens is 2. The first-order chi connectivity index (χ1) is 12.1. The van der Waals surface area contributed by atoms with Gasteiger partial charge >= 0.3 is 12.4 Å². The van der Waals surface area contributed by atoms with Crippen LogP contribution in [0.5, 0.6) is 0 Å². The lowest BCUT2D eigenvalue weighted by molar-refractivity contribution is -0.141. The van der Waals surface area contributed by atoms with Crippen molar-refractivity contribution in [1.82, 2.24) is 9.97 Å². The Hall–Kier alpha value is -2.36. The molecule has 0 radical (unpaired) electrons. The molecule has 0 saturated heterocycles. The van der Waals surface area contributed by atoms with Gasteiger partial charge in [-0.3, -0.25) is 0 Å². The van der Waals surface area contributed by atoms with Crippen molar-refractivity contribution in [2.45, 2.75) is 12.4 Å². The summed E-state index contributed by atoms with van der Waals surface area (Å²) in [6.45, 7) is 0. The van der Waals surface area contributed by atoms with Crippen LogP contribution in [0.25, 0.3) is 22.9 Å². The summed E-state index contributed by atoms with van der Waals surface area (Å²) in [5, 5.41) is 0. The number of hydrogen-bond donors (Lipinski definition) is 0. The molecule has 26 heavy (non-hydrogen) atoms. The van der Waals surface area contributed by atoms with Crippen molar-refractivity contribution in [3.63, 3.8) is 0 Å². The second-order valence-electron chi connectivity index (χ2n) is 5.10. The molecule has 0 aliphatic rings. The van der Waals surface area contributed by atoms with Gasteiger partial charge in [0, 0.05) is 6.07 Å². The summed E-state index contributed by atoms with van der Waals surface area (Å²) < 4.78 is 82.3. The van der Waals surface area contributed by atoms with Gasteiger partial charge in [-0.05, 0) is 40.2 Å². The highest BCUT2D eigenvalue weighted by atomic mass is 79.9. The minimum Gasteiger partial charge on any atom is -0.452 e. The SMILES string of the molecule is FC(F)(F)c1cccc(-c2cc(Br)c(-c3cccc(C(F)(F)F)n3)o2)n1. The zero-order valence-electron chi connectivity index (χ0n) is 12.5. The minimum atomic E-state index is -4.64. The lowest BCUT2D eigenvalue weighted by Crippen LogP contribution is -2.08. The Labute approximate surface area is 150 Å². The number of furan rings is 1. The number of rotatable bonds is 2. The normalized spacial score (nSPS) is 12.4. The summed E-state index contributed by atoms with van der Waals surface area (Å²) in [6, 6.07) is 7.82. The standard InChI is InChI=1S/C16H7BrF6N2O/c17-8-7-11(9-3-1-5-12(24-9)15(18,19)20)26-14(8)10-4-2-6-13(25-10)16(21,22)23/h1-7H. The summed E-state index contributed by atoms with van der Waals surface area (Å²) in [5.74, 6) is -0.0949. The Morgan fingerprint density at radius 2 is 1.27 bits per heavy atom. The van der Waals surface area contributed by atoms with E-state index in [4.69, 9.17) is 4.42 Å². The molecular weight excluding hydrogens is 430 g/mol. The molecule has 0 saturated carbocycles. The summed E-state index contributed by atoms with van der Waals surface area (Å²) in [6.07, 6.45) is -9.27. The summed E-state index contributed by atoms with van der Waals surface area (Å²) in [7, 11) is 0. The molecule has 136 valence electrons. The first-order valence-corrected chi connectivity index (χ1v) is 7.73. The zero-order chi connectivity index (χ0) is 19.1. The predicted octanol–water partition coefficient (Wildman–Crippen LogP) is 6.20. The molecule has 3 nitrogen and oxygen atoms in total. The first-order valence-electron chi connectivity index (χ1n) is 6.94. The lowest BCUT2D eigenvalue weighted by Gasteiger charge is -2.07. The van der Waals surface area contributed by atoms with Crippen LogP contribution in [-0.2, 0) is 12.4 Å². The first kappa shape index (κ1) is 18.4. The highest BCUT2D eigenvalue weighted by Gasteiger charge is 2.34. The van der Waals surface area contributed by atoms with Crippen molar-refractivity contribution in [2.24, 2.45) is 0 Å². The van der Waals surface area contributed by atoms with Gasteiger partial charge in [0.2, 0.25) is 0 Å². The highest BCUT2D eigenvalue weighted by molar-refractivity contribution is 9.10. The van der Waals surface area contributed by atoms with E-state index in [0.29, 0.717) is 0 Å². The number of hydrogen-bond acceptors (Lipinski definition) is 3. The third-order valence-electron chi connectivity index (χ3n) is 3.25. The summed E-state index contributed by atoms with van der Waals surface area (Å²) in [4.78, 5) is 6.97. The quantitative estimate of drug-likeness (QED) is 0.448. The van der Waals surface area contributed by atoms with Gasteiger partial charge in [0.25, 0.3) is 0 Å². The van der Waals surface area contributed by atoms with E-state index in [1.54, 1.807) is 0 Å². The third kappa shape index (κ3) is 3.74. The maximum atomic E-state index is 12.8. The largest absolute Gasteiger partial charge is 0.452 e. The van der Waals surface area contributed by atoms with E-state index in [-0.39, 0.29) is 27.4 Å². The molecule has 0 spiro atoms. The molecule has 0 N–H and O–H groups in total. The molecule has 3 heterocycles. The maximum Gasteiger partial charge on any atom is 0.433 e. The van der Waals surface area contributed by atoms with Gasteiger partial charge in [0.1, 0.15) is 22.8 Å². The fraction of sp³-hybridized carbons (Fsp3) is 0.125. The Morgan fingerprint density at radius 1 is 0.769 bits per heavy atom. The summed E-state index contributed by atoms with van der Waals surface area (Å²) in [5.41, 5.74) is -2.46. The fourth-order valence-corrected chi connectivity index (χ4v) is 2.61. The van der Waals surface area contributed by atoms with E-state index in [2.05, 4.69) is 25.9 Å². The predicted molar refractivity (Wildman–Crippen MR) is 82.9 cm³/mol. The molecule has 0 unspecified atom stereocenters. The molecule has 0 fully saturated rings. The molecular formula is C16H7BrF6N2O. The van der Waals surface area contributed by atoms with Crippen LogP contribution in [0.4, 0.5) is 26.3 Å². The number of halogens is 7. The molecule has 0 aliphatic heterocycles. The molecule has 0 amide bonds. The van der Waals surface area contributed by atoms with Crippen LogP contribution in [-0.4, -0.2) is 9.97 Å². The average Bonchev–Trinajstić information content (AvgIpc) is 2.95. The van der Waals surface area contributed by atoms with Gasteiger partial charge in [-0.25, -0.2) is 9.97 Å². The van der Waals surface area contributed by atoms with Crippen LogP contribution in [0.1, 0.15) is 11.4 Å². The van der Waals surface area contributed by atoms with E-state index < -0.39 is 23.7 Å². The van der Waals surface area contributed by atoms with E-state index in [1.807, 2.05) is 0 Å². The van der Waals surface area contributed by atoms with E-state index in [1.165, 1.54) is 18.2 Å². The lowest BCUT2D eigenvalue weighted by atomic mass is 10.2. The van der Waals surface area contributed by atoms with Crippen LogP contribution in [0, 0.1) is 0 Å². The Morgan fingerprint density at radius 3 is 1.81 bits per heavy atom. The second-order valence-corrected chi connectivity index (χ2v) is 5.95. The fourth-order valence-electron chi connectivity index (χ4n) is 2.12. The van der Waals surface area contributed by atoms with Gasteiger partial charge in [-0.2, -0.15) is 26.3 Å². The van der Waals surface area contributed by atoms with Gasteiger partial charge in [0.05, 0.1) is 4.47 Å². The molecule has 3 aromatic rings. The van der Waals surface area contributed by atoms with Crippen molar-refractivity contribution in [2.75, 3.05) is 0 Å². The van der Waals surface area contributed by atoms with Gasteiger partial charge in [0.15, 0.2) is 11.5 Å². The van der Waals surface area contributed by atoms with Crippen molar-refractivity contribution in [1.29, 1.82) is 0 Å². The molecule has 0 bridgehead atoms. The number of pyridine rings is 2. The third-order valence-corrected chi connectivity index (χ3v) is 3.84. The average molecular weight is 437 g/mol. The second kappa shape index (κ2) is 6.42. The number of nitrogens with zero attached hydrogens (tertiary/aromatic N) is 2. The van der Waals surface area contributed by atoms with Crippen molar-refractivity contribution in [3.8, 4) is 22.9 Å². The molecule has 0 aliphatic carbocycles. The topological polar surface area (TPSA) is 38.9 Å². The molecule has 3 aromatic heterocycles. The Kier molecular flexibility index (Phi) is 4.55. The van der Waals surface area contributed by atoms with Crippen LogP contribution in [0.15, 0.2) is 51.4 Å². The van der Waals surface area contributed by atoms with Crippen molar-refractivity contribution >= 4 is 15.9 Å². The van der Waals surface area contributed by atoms with E-state index >= 15 is 0 Å². The van der Waals surface area contributed by atoms with Crippen LogP contribution in [0.3, 0.4) is 0 Å². The van der Waals surface area contributed by atoms with Gasteiger partial charge in [-0.1, -0.05) is 12.1 Å². The monoisotopic (exact) mass is 436 g/mol. The van der Waals surface area contributed by atoms with Gasteiger partial charge in [-0.15, -0.1) is 0 Å². The van der Waals surface area contributed by atoms with Crippen LogP contribution >= 0.6 is 15.9 Å². The van der Waals surface area contributed by atoms with E-state index in [0.717, 1.165) is 24.3 Å². The minimum absolute atomic E-state index is 0.0443. The maximum absolute atomic E-state index is 12.8.